The molecule has 2 aromatic carbocycles. The molecule has 0 aromatic heterocycles. The average molecular weight is 440 g/mol. The second kappa shape index (κ2) is 7.74. The monoisotopic (exact) mass is 440 g/mol. The quantitative estimate of drug-likeness (QED) is 0.380. The normalized spacial score (nSPS) is 10.4. The highest BCUT2D eigenvalue weighted by atomic mass is 127. The van der Waals surface area contributed by atoms with Crippen LogP contribution in [0.3, 0.4) is 0 Å². The van der Waals surface area contributed by atoms with E-state index in [-0.39, 0.29) is 16.8 Å². The van der Waals surface area contributed by atoms with Crippen LogP contribution in [0.4, 0.5) is 5.69 Å². The van der Waals surface area contributed by atoms with Gasteiger partial charge in [0, 0.05) is 3.57 Å². The molecule has 0 fully saturated rings. The van der Waals surface area contributed by atoms with Crippen molar-refractivity contribution in [2.45, 2.75) is 19.8 Å². The molecule has 0 unspecified atom stereocenters. The fourth-order valence-electron chi connectivity index (χ4n) is 1.98. The lowest BCUT2D eigenvalue weighted by Crippen LogP contribution is -2.34. The summed E-state index contributed by atoms with van der Waals surface area (Å²) in [5.41, 5.74) is 2.10. The van der Waals surface area contributed by atoms with E-state index in [0.717, 1.165) is 9.13 Å². The van der Waals surface area contributed by atoms with E-state index in [1.807, 2.05) is 24.3 Å². The van der Waals surface area contributed by atoms with Crippen LogP contribution in [0.1, 0.15) is 35.7 Å². The van der Waals surface area contributed by atoms with Gasteiger partial charge in [-0.05, 0) is 70.6 Å². The number of anilines is 1. The number of rotatable bonds is 3. The largest absolute Gasteiger partial charge is 0.506 e. The van der Waals surface area contributed by atoms with E-state index in [2.05, 4.69) is 47.1 Å². The number of halogens is 1. The molecule has 0 atom stereocenters. The van der Waals surface area contributed by atoms with Crippen LogP contribution in [0.5, 0.6) is 5.75 Å². The number of phenolic OH excluding ortho intramolecular Hbond substituents is 1. The summed E-state index contributed by atoms with van der Waals surface area (Å²) < 4.78 is 0.843. The SMILES string of the molecule is CC(C)c1ccc(O)c(NC(=S)NC(=O)c2ccccc2I)c1. The highest BCUT2D eigenvalue weighted by Gasteiger charge is 2.12. The molecule has 2 aromatic rings. The van der Waals surface area contributed by atoms with Crippen molar-refractivity contribution in [3.63, 3.8) is 0 Å². The molecule has 3 N–H and O–H groups in total. The molecule has 0 radical (unpaired) electrons. The second-order valence-corrected chi connectivity index (χ2v) is 6.89. The van der Waals surface area contributed by atoms with Gasteiger partial charge in [-0.3, -0.25) is 10.1 Å². The second-order valence-electron chi connectivity index (χ2n) is 5.32. The number of hydrogen-bond acceptors (Lipinski definition) is 3. The van der Waals surface area contributed by atoms with Gasteiger partial charge in [0.2, 0.25) is 0 Å². The summed E-state index contributed by atoms with van der Waals surface area (Å²) in [5.74, 6) is 0.123. The molecule has 0 heterocycles. The van der Waals surface area contributed by atoms with Crippen LogP contribution in [0.25, 0.3) is 0 Å². The van der Waals surface area contributed by atoms with Crippen molar-refractivity contribution in [1.82, 2.24) is 5.32 Å². The first-order chi connectivity index (χ1) is 10.9. The first-order valence-corrected chi connectivity index (χ1v) is 8.57. The van der Waals surface area contributed by atoms with Gasteiger partial charge >= 0.3 is 0 Å². The Morgan fingerprint density at radius 1 is 1.22 bits per heavy atom. The molecular formula is C17H17IN2O2S. The summed E-state index contributed by atoms with van der Waals surface area (Å²) in [5, 5.41) is 15.6. The molecule has 0 saturated heterocycles. The number of amides is 1. The maximum atomic E-state index is 12.2. The predicted octanol–water partition coefficient (Wildman–Crippen LogP) is 4.25. The van der Waals surface area contributed by atoms with E-state index in [1.54, 1.807) is 18.2 Å². The van der Waals surface area contributed by atoms with Crippen molar-refractivity contribution in [3.05, 3.63) is 57.2 Å². The maximum absolute atomic E-state index is 12.2. The number of thiocarbonyl (C=S) groups is 1. The third-order valence-corrected chi connectivity index (χ3v) is 4.43. The van der Waals surface area contributed by atoms with Crippen molar-refractivity contribution in [2.24, 2.45) is 0 Å². The zero-order valence-corrected chi connectivity index (χ0v) is 15.7. The van der Waals surface area contributed by atoms with Gasteiger partial charge in [-0.1, -0.05) is 32.0 Å². The first-order valence-electron chi connectivity index (χ1n) is 7.08. The van der Waals surface area contributed by atoms with Crippen LogP contribution in [0.2, 0.25) is 0 Å². The Labute approximate surface area is 154 Å². The molecule has 0 saturated carbocycles. The predicted molar refractivity (Wildman–Crippen MR) is 105 cm³/mol. The molecule has 0 bridgehead atoms. The van der Waals surface area contributed by atoms with E-state index >= 15 is 0 Å². The Hall–Kier alpha value is -1.67. The molecule has 0 aliphatic heterocycles. The zero-order valence-electron chi connectivity index (χ0n) is 12.8. The van der Waals surface area contributed by atoms with Crippen LogP contribution in [-0.2, 0) is 0 Å². The van der Waals surface area contributed by atoms with Gasteiger partial charge in [0.25, 0.3) is 5.91 Å². The lowest BCUT2D eigenvalue weighted by Gasteiger charge is -2.14. The van der Waals surface area contributed by atoms with Gasteiger partial charge in [0.15, 0.2) is 5.11 Å². The minimum Gasteiger partial charge on any atom is -0.506 e. The minimum absolute atomic E-state index is 0.0836. The van der Waals surface area contributed by atoms with Gasteiger partial charge < -0.3 is 10.4 Å². The van der Waals surface area contributed by atoms with Gasteiger partial charge in [0.05, 0.1) is 11.3 Å². The van der Waals surface area contributed by atoms with E-state index in [0.29, 0.717) is 17.2 Å². The molecular weight excluding hydrogens is 423 g/mol. The van der Waals surface area contributed by atoms with Crippen LogP contribution in [-0.4, -0.2) is 16.1 Å². The first kappa shape index (κ1) is 17.7. The van der Waals surface area contributed by atoms with Crippen LogP contribution < -0.4 is 10.6 Å². The van der Waals surface area contributed by atoms with Crippen molar-refractivity contribution < 1.29 is 9.90 Å². The molecule has 4 nitrogen and oxygen atoms in total. The molecule has 0 spiro atoms. The molecule has 23 heavy (non-hydrogen) atoms. The van der Waals surface area contributed by atoms with Crippen molar-refractivity contribution >= 4 is 51.5 Å². The Morgan fingerprint density at radius 3 is 2.57 bits per heavy atom. The molecule has 1 amide bonds. The zero-order chi connectivity index (χ0) is 17.0. The molecule has 6 heteroatoms. The highest BCUT2D eigenvalue weighted by Crippen LogP contribution is 2.27. The smallest absolute Gasteiger partial charge is 0.258 e. The van der Waals surface area contributed by atoms with Gasteiger partial charge in [-0.25, -0.2) is 0 Å². The Bertz CT molecular complexity index is 747. The standard InChI is InChI=1S/C17H17IN2O2S/c1-10(2)11-7-8-15(21)14(9-11)19-17(23)20-16(22)12-5-3-4-6-13(12)18/h3-10,21H,1-2H3,(H2,19,20,22,23). The van der Waals surface area contributed by atoms with Gasteiger partial charge in [-0.2, -0.15) is 0 Å². The van der Waals surface area contributed by atoms with Crippen molar-refractivity contribution in [1.29, 1.82) is 0 Å². The summed E-state index contributed by atoms with van der Waals surface area (Å²) in [7, 11) is 0. The fraction of sp³-hybridized carbons (Fsp3) is 0.176. The lowest BCUT2D eigenvalue weighted by molar-refractivity contribution is 0.0977. The Balaban J connectivity index is 2.10. The summed E-state index contributed by atoms with van der Waals surface area (Å²) in [6, 6.07) is 12.5. The Kier molecular flexibility index (Phi) is 5.95. The Morgan fingerprint density at radius 2 is 1.91 bits per heavy atom. The number of benzene rings is 2. The average Bonchev–Trinajstić information content (AvgIpc) is 2.49. The third-order valence-electron chi connectivity index (χ3n) is 3.28. The summed E-state index contributed by atoms with van der Waals surface area (Å²) in [6.45, 7) is 4.13. The molecule has 0 aliphatic carbocycles. The third kappa shape index (κ3) is 4.65. The van der Waals surface area contributed by atoms with E-state index in [9.17, 15) is 9.90 Å². The van der Waals surface area contributed by atoms with Crippen LogP contribution in [0.15, 0.2) is 42.5 Å². The number of hydrogen-bond donors (Lipinski definition) is 3. The summed E-state index contributed by atoms with van der Waals surface area (Å²) >= 11 is 7.27. The molecule has 0 aliphatic rings. The topological polar surface area (TPSA) is 61.4 Å². The number of phenols is 1. The van der Waals surface area contributed by atoms with Crippen molar-refractivity contribution in [2.75, 3.05) is 5.32 Å². The lowest BCUT2D eigenvalue weighted by atomic mass is 10.0. The van der Waals surface area contributed by atoms with E-state index in [1.165, 1.54) is 0 Å². The fourth-order valence-corrected chi connectivity index (χ4v) is 2.82. The van der Waals surface area contributed by atoms with E-state index in [4.69, 9.17) is 12.2 Å². The van der Waals surface area contributed by atoms with Crippen LogP contribution in [0, 0.1) is 3.57 Å². The summed E-state index contributed by atoms with van der Waals surface area (Å²) in [6.07, 6.45) is 0. The molecule has 2 rings (SSSR count). The van der Waals surface area contributed by atoms with Crippen molar-refractivity contribution in [3.8, 4) is 5.75 Å². The maximum Gasteiger partial charge on any atom is 0.258 e. The van der Waals surface area contributed by atoms with E-state index < -0.39 is 0 Å². The number of nitrogens with one attached hydrogen (secondary N) is 2. The number of carbonyl (C=O) groups excluding carboxylic acids is 1. The number of aromatic hydroxyl groups is 1. The molecule has 120 valence electrons. The van der Waals surface area contributed by atoms with Crippen LogP contribution >= 0.6 is 34.8 Å². The number of carbonyl (C=O) groups is 1. The van der Waals surface area contributed by atoms with Gasteiger partial charge in [-0.15, -0.1) is 0 Å². The van der Waals surface area contributed by atoms with Gasteiger partial charge in [0.1, 0.15) is 5.75 Å². The minimum atomic E-state index is -0.285. The summed E-state index contributed by atoms with van der Waals surface area (Å²) in [4.78, 5) is 12.2. The highest BCUT2D eigenvalue weighted by molar-refractivity contribution is 14.1.